The fourth-order valence-corrected chi connectivity index (χ4v) is 3.61. The Balaban J connectivity index is 2.05. The summed E-state index contributed by atoms with van der Waals surface area (Å²) < 4.78 is 0. The van der Waals surface area contributed by atoms with Crippen LogP contribution in [0.2, 0.25) is 0 Å². The van der Waals surface area contributed by atoms with Crippen LogP contribution in [0.1, 0.15) is 24.8 Å². The van der Waals surface area contributed by atoms with Crippen molar-refractivity contribution in [2.24, 2.45) is 0 Å². The van der Waals surface area contributed by atoms with Gasteiger partial charge in [0.25, 0.3) is 0 Å². The Morgan fingerprint density at radius 3 is 2.15 bits per heavy atom. The van der Waals surface area contributed by atoms with Crippen LogP contribution in [0.4, 0.5) is 0 Å². The van der Waals surface area contributed by atoms with E-state index >= 15 is 0 Å². The standard InChI is InChI=1S/C21H28N4O7S/c26-17(27)10-14(19(29)24-15(21(31)32)9-12-5-2-1-3-6-12)23-20(30)16(11-33)25-18(28)13-7-4-8-22-13/h1-3,5-6,13-16,22,33H,4,7-11H2,(H,23,30)(H,24,29)(H,25,28)(H,26,27)(H,31,32). The third-order valence-electron chi connectivity index (χ3n) is 5.10. The molecule has 0 aromatic heterocycles. The number of aliphatic carboxylic acids is 2. The highest BCUT2D eigenvalue weighted by Crippen LogP contribution is 2.07. The van der Waals surface area contributed by atoms with Crippen LogP contribution in [0.15, 0.2) is 30.3 Å². The van der Waals surface area contributed by atoms with Gasteiger partial charge in [0.05, 0.1) is 12.5 Å². The molecule has 0 radical (unpaired) electrons. The summed E-state index contributed by atoms with van der Waals surface area (Å²) in [4.78, 5) is 60.5. The monoisotopic (exact) mass is 480 g/mol. The fourth-order valence-electron chi connectivity index (χ4n) is 3.35. The summed E-state index contributed by atoms with van der Waals surface area (Å²) in [5, 5.41) is 28.8. The lowest BCUT2D eigenvalue weighted by Crippen LogP contribution is -2.58. The zero-order valence-electron chi connectivity index (χ0n) is 17.8. The Bertz CT molecular complexity index is 861. The highest BCUT2D eigenvalue weighted by atomic mass is 32.1. The van der Waals surface area contributed by atoms with Crippen LogP contribution < -0.4 is 21.3 Å². The number of hydrogen-bond acceptors (Lipinski definition) is 7. The van der Waals surface area contributed by atoms with Crippen molar-refractivity contribution < 1.29 is 34.2 Å². The van der Waals surface area contributed by atoms with Crippen molar-refractivity contribution in [1.82, 2.24) is 21.3 Å². The molecule has 11 nitrogen and oxygen atoms in total. The number of nitrogens with one attached hydrogen (secondary N) is 4. The number of thiol groups is 1. The fraction of sp³-hybridized carbons (Fsp3) is 0.476. The van der Waals surface area contributed by atoms with Gasteiger partial charge in [-0.25, -0.2) is 4.79 Å². The molecule has 4 atom stereocenters. The van der Waals surface area contributed by atoms with Crippen LogP contribution in [0, 0.1) is 0 Å². The number of carboxylic acids is 2. The third-order valence-corrected chi connectivity index (χ3v) is 5.47. The van der Waals surface area contributed by atoms with Crippen LogP contribution in [0.3, 0.4) is 0 Å². The van der Waals surface area contributed by atoms with Crippen molar-refractivity contribution in [2.45, 2.75) is 49.9 Å². The molecule has 1 aromatic rings. The van der Waals surface area contributed by atoms with Gasteiger partial charge in [-0.2, -0.15) is 12.6 Å². The molecule has 0 saturated carbocycles. The van der Waals surface area contributed by atoms with Gasteiger partial charge in [0.2, 0.25) is 17.7 Å². The quantitative estimate of drug-likeness (QED) is 0.185. The van der Waals surface area contributed by atoms with E-state index in [9.17, 15) is 29.1 Å². The molecule has 0 bridgehead atoms. The first-order chi connectivity index (χ1) is 15.7. The highest BCUT2D eigenvalue weighted by molar-refractivity contribution is 7.80. The second-order valence-corrected chi connectivity index (χ2v) is 8.01. The Kier molecular flexibility index (Phi) is 10.1. The average Bonchev–Trinajstić information content (AvgIpc) is 3.31. The summed E-state index contributed by atoms with van der Waals surface area (Å²) in [6.45, 7) is 0.685. The molecule has 1 heterocycles. The average molecular weight is 481 g/mol. The summed E-state index contributed by atoms with van der Waals surface area (Å²) in [5.41, 5.74) is 0.655. The number of carbonyl (C=O) groups is 5. The lowest BCUT2D eigenvalue weighted by Gasteiger charge is -2.24. The molecule has 3 amide bonds. The summed E-state index contributed by atoms with van der Waals surface area (Å²) >= 11 is 4.06. The van der Waals surface area contributed by atoms with Gasteiger partial charge in [-0.15, -0.1) is 0 Å². The summed E-state index contributed by atoms with van der Waals surface area (Å²) in [7, 11) is 0. The molecular weight excluding hydrogens is 452 g/mol. The Morgan fingerprint density at radius 1 is 0.970 bits per heavy atom. The first-order valence-electron chi connectivity index (χ1n) is 10.4. The molecule has 0 aliphatic carbocycles. The third kappa shape index (κ3) is 8.39. The van der Waals surface area contributed by atoms with E-state index in [0.717, 1.165) is 6.42 Å². The van der Waals surface area contributed by atoms with Gasteiger partial charge in [0.1, 0.15) is 18.1 Å². The summed E-state index contributed by atoms with van der Waals surface area (Å²) in [6.07, 6.45) is 0.644. The van der Waals surface area contributed by atoms with Gasteiger partial charge in [0, 0.05) is 12.2 Å². The normalized spacial score (nSPS) is 17.9. The van der Waals surface area contributed by atoms with Gasteiger partial charge in [-0.05, 0) is 24.9 Å². The molecule has 180 valence electrons. The lowest BCUT2D eigenvalue weighted by atomic mass is 10.0. The minimum Gasteiger partial charge on any atom is -0.481 e. The van der Waals surface area contributed by atoms with Gasteiger partial charge in [-0.1, -0.05) is 30.3 Å². The molecule has 1 fully saturated rings. The Labute approximate surface area is 196 Å². The number of carbonyl (C=O) groups excluding carboxylic acids is 3. The molecule has 12 heteroatoms. The summed E-state index contributed by atoms with van der Waals surface area (Å²) in [6, 6.07) is 4.16. The van der Waals surface area contributed by atoms with Crippen LogP contribution >= 0.6 is 12.6 Å². The summed E-state index contributed by atoms with van der Waals surface area (Å²) in [5.74, 6) is -4.92. The van der Waals surface area contributed by atoms with E-state index in [-0.39, 0.29) is 12.2 Å². The van der Waals surface area contributed by atoms with Crippen molar-refractivity contribution in [1.29, 1.82) is 0 Å². The molecule has 0 spiro atoms. The molecular formula is C21H28N4O7S. The van der Waals surface area contributed by atoms with Crippen molar-refractivity contribution in [3.8, 4) is 0 Å². The molecule has 1 aliphatic heterocycles. The van der Waals surface area contributed by atoms with Crippen LogP contribution in [0.25, 0.3) is 0 Å². The maximum atomic E-state index is 12.7. The first kappa shape index (κ1) is 26.1. The van der Waals surface area contributed by atoms with E-state index in [1.54, 1.807) is 30.3 Å². The molecule has 1 aliphatic rings. The molecule has 4 unspecified atom stereocenters. The molecule has 2 rings (SSSR count). The molecule has 1 aromatic carbocycles. The number of benzene rings is 1. The van der Waals surface area contributed by atoms with E-state index in [2.05, 4.69) is 33.9 Å². The molecule has 1 saturated heterocycles. The van der Waals surface area contributed by atoms with Gasteiger partial charge in [0.15, 0.2) is 0 Å². The van der Waals surface area contributed by atoms with E-state index < -0.39 is 60.2 Å². The topological polar surface area (TPSA) is 174 Å². The lowest BCUT2D eigenvalue weighted by molar-refractivity contribution is -0.143. The maximum absolute atomic E-state index is 12.7. The van der Waals surface area contributed by atoms with E-state index in [4.69, 9.17) is 5.11 Å². The predicted octanol–water partition coefficient (Wildman–Crippen LogP) is -1.08. The zero-order chi connectivity index (χ0) is 24.4. The number of amides is 3. The second kappa shape index (κ2) is 12.8. The largest absolute Gasteiger partial charge is 0.481 e. The van der Waals surface area contributed by atoms with E-state index in [1.165, 1.54) is 0 Å². The van der Waals surface area contributed by atoms with Crippen molar-refractivity contribution >= 4 is 42.3 Å². The van der Waals surface area contributed by atoms with Crippen molar-refractivity contribution in [3.05, 3.63) is 35.9 Å². The number of rotatable bonds is 12. The van der Waals surface area contributed by atoms with Crippen LogP contribution in [-0.4, -0.2) is 76.3 Å². The minimum absolute atomic E-state index is 0.0284. The van der Waals surface area contributed by atoms with Crippen LogP contribution in [0.5, 0.6) is 0 Å². The van der Waals surface area contributed by atoms with Crippen LogP contribution in [-0.2, 0) is 30.4 Å². The van der Waals surface area contributed by atoms with Crippen molar-refractivity contribution in [3.63, 3.8) is 0 Å². The van der Waals surface area contributed by atoms with E-state index in [1.807, 2.05) is 0 Å². The first-order valence-corrected chi connectivity index (χ1v) is 11.1. The smallest absolute Gasteiger partial charge is 0.326 e. The van der Waals surface area contributed by atoms with Crippen molar-refractivity contribution in [2.75, 3.05) is 12.3 Å². The highest BCUT2D eigenvalue weighted by Gasteiger charge is 2.32. The molecule has 6 N–H and O–H groups in total. The van der Waals surface area contributed by atoms with Gasteiger partial charge >= 0.3 is 11.9 Å². The van der Waals surface area contributed by atoms with E-state index in [0.29, 0.717) is 18.5 Å². The number of hydrogen-bond donors (Lipinski definition) is 7. The SMILES string of the molecule is O=C(O)CC(NC(=O)C(CS)NC(=O)C1CCCN1)C(=O)NC(Cc1ccccc1)C(=O)O. The molecule has 33 heavy (non-hydrogen) atoms. The minimum atomic E-state index is -1.54. The Morgan fingerprint density at radius 2 is 1.61 bits per heavy atom. The number of carboxylic acid groups (broad SMARTS) is 2. The predicted molar refractivity (Wildman–Crippen MR) is 121 cm³/mol. The van der Waals surface area contributed by atoms with Gasteiger partial charge in [-0.3, -0.25) is 19.2 Å². The van der Waals surface area contributed by atoms with Gasteiger partial charge < -0.3 is 31.5 Å². The zero-order valence-corrected chi connectivity index (χ0v) is 18.7. The second-order valence-electron chi connectivity index (χ2n) is 7.64. The Hall–Kier alpha value is -3.12. The maximum Gasteiger partial charge on any atom is 0.326 e.